The zero-order valence-corrected chi connectivity index (χ0v) is 23.1. The molecular formula is C20H18F21NO6. The molecule has 7 nitrogen and oxygen atoms in total. The van der Waals surface area contributed by atoms with Crippen LogP contribution in [-0.4, -0.2) is 126 Å². The second kappa shape index (κ2) is 12.6. The number of nitrogens with zero attached hydrogens (tertiary/aromatic N) is 1. The average Bonchev–Trinajstić information content (AvgIpc) is 2.85. The van der Waals surface area contributed by atoms with Crippen LogP contribution < -0.4 is 5.11 Å². The van der Waals surface area contributed by atoms with Crippen LogP contribution in [0.5, 0.6) is 0 Å². The number of carboxylic acids is 1. The Kier molecular flexibility index (Phi) is 11.9. The van der Waals surface area contributed by atoms with E-state index in [1.807, 2.05) is 0 Å². The first kappa shape index (κ1) is 45.3. The Bertz CT molecular complexity index is 1180. The summed E-state index contributed by atoms with van der Waals surface area (Å²) in [6.45, 7) is -4.42. The van der Waals surface area contributed by atoms with Gasteiger partial charge in [-0.15, -0.1) is 0 Å². The van der Waals surface area contributed by atoms with Crippen LogP contribution in [0.1, 0.15) is 6.92 Å². The summed E-state index contributed by atoms with van der Waals surface area (Å²) < 4.78 is 290. The molecule has 0 fully saturated rings. The smallest absolute Gasteiger partial charge is 0.460 e. The largest absolute Gasteiger partial charge is 0.544 e. The maximum atomic E-state index is 14.9. The molecule has 0 saturated heterocycles. The SMILES string of the molecule is CC(=O)OC(C(CO)C(F)(F)C(F)(F)C(F)(F)C(F)(F)C(F)(F)C(F)(F)C(F)(F)C(F)(F)C(F)(F)C(F)(F)F)C(O)[N+](C)(C)CC(=O)[O-]. The molecule has 0 aromatic rings. The normalized spacial score (nSPS) is 17.5. The molecule has 0 aliphatic carbocycles. The second-order valence-electron chi connectivity index (χ2n) is 10.3. The van der Waals surface area contributed by atoms with Crippen LogP contribution in [0.4, 0.5) is 92.2 Å². The highest BCUT2D eigenvalue weighted by molar-refractivity contribution is 5.66. The summed E-state index contributed by atoms with van der Waals surface area (Å²) in [5, 5.41) is 30.3. The van der Waals surface area contributed by atoms with E-state index in [1.54, 1.807) is 0 Å². The monoisotopic (exact) mass is 767 g/mol. The van der Waals surface area contributed by atoms with Gasteiger partial charge in [-0.25, -0.2) is 0 Å². The van der Waals surface area contributed by atoms with E-state index in [-0.39, 0.29) is 6.92 Å². The number of hydrogen-bond donors (Lipinski definition) is 2. The van der Waals surface area contributed by atoms with Crippen molar-refractivity contribution in [3.05, 3.63) is 0 Å². The fraction of sp³-hybridized carbons (Fsp3) is 0.900. The topological polar surface area (TPSA) is 107 Å². The van der Waals surface area contributed by atoms with Crippen molar-refractivity contribution < 1.29 is 126 Å². The highest BCUT2D eigenvalue weighted by atomic mass is 19.4. The molecule has 0 radical (unpaired) electrons. The molecule has 3 unspecified atom stereocenters. The van der Waals surface area contributed by atoms with Gasteiger partial charge in [0, 0.05) is 6.92 Å². The highest BCUT2D eigenvalue weighted by Gasteiger charge is 2.98. The van der Waals surface area contributed by atoms with Crippen LogP contribution in [0.2, 0.25) is 0 Å². The van der Waals surface area contributed by atoms with Gasteiger partial charge >= 0.3 is 65.4 Å². The van der Waals surface area contributed by atoms with Gasteiger partial charge in [-0.05, 0) is 0 Å². The van der Waals surface area contributed by atoms with Gasteiger partial charge in [-0.1, -0.05) is 0 Å². The predicted octanol–water partition coefficient (Wildman–Crippen LogP) is 3.95. The molecular weight excluding hydrogens is 749 g/mol. The van der Waals surface area contributed by atoms with E-state index in [4.69, 9.17) is 0 Å². The highest BCUT2D eigenvalue weighted by Crippen LogP contribution is 2.66. The van der Waals surface area contributed by atoms with Crippen molar-refractivity contribution in [2.75, 3.05) is 27.2 Å². The Morgan fingerprint density at radius 3 is 1.17 bits per heavy atom. The van der Waals surface area contributed by atoms with E-state index in [0.717, 1.165) is 0 Å². The van der Waals surface area contributed by atoms with Gasteiger partial charge in [-0.3, -0.25) is 9.28 Å². The zero-order chi connectivity index (χ0) is 39.5. The molecule has 0 aromatic heterocycles. The average molecular weight is 767 g/mol. The van der Waals surface area contributed by atoms with Crippen molar-refractivity contribution in [3.8, 4) is 0 Å². The van der Waals surface area contributed by atoms with E-state index < -0.39 is 107 Å². The fourth-order valence-electron chi connectivity index (χ4n) is 3.59. The third-order valence-corrected chi connectivity index (χ3v) is 6.44. The minimum absolute atomic E-state index is 0.132. The van der Waals surface area contributed by atoms with E-state index >= 15 is 0 Å². The van der Waals surface area contributed by atoms with Crippen LogP contribution in [0.3, 0.4) is 0 Å². The molecule has 0 aliphatic heterocycles. The summed E-state index contributed by atoms with van der Waals surface area (Å²) in [5.74, 6) is -88.8. The predicted molar refractivity (Wildman–Crippen MR) is 105 cm³/mol. The molecule has 0 rings (SSSR count). The number of aliphatic carboxylic acids is 1. The lowest BCUT2D eigenvalue weighted by Crippen LogP contribution is -2.77. The summed E-state index contributed by atoms with van der Waals surface area (Å²) in [6, 6.07) is 0. The number of carbonyl (C=O) groups is 2. The van der Waals surface area contributed by atoms with Crippen LogP contribution in [0, 0.1) is 5.92 Å². The quantitative estimate of drug-likeness (QED) is 0.107. The van der Waals surface area contributed by atoms with Crippen LogP contribution in [-0.2, 0) is 14.3 Å². The molecule has 0 aromatic carbocycles. The molecule has 0 bridgehead atoms. The molecule has 0 aliphatic rings. The van der Waals surface area contributed by atoms with E-state index in [0.29, 0.717) is 14.1 Å². The summed E-state index contributed by atoms with van der Waals surface area (Å²) in [6.07, 6.45) is -15.1. The van der Waals surface area contributed by atoms with Crippen molar-refractivity contribution in [2.45, 2.75) is 78.7 Å². The Morgan fingerprint density at radius 2 is 0.917 bits per heavy atom. The Labute approximate surface area is 251 Å². The fourth-order valence-corrected chi connectivity index (χ4v) is 3.59. The standard InChI is InChI=1S/C20H18F21NO6/c1-6(44)48-9(10(47)42(2,3)4-8(45)46)7(5-43)11(21,22)12(23,24)13(25,26)14(27,28)15(29,30)16(31,32)17(33,34)18(35,36)19(37,38)20(39,40)41/h7,9-10,43,47H,4-5H2,1-3H3. The summed E-state index contributed by atoms with van der Waals surface area (Å²) in [4.78, 5) is 22.2. The summed E-state index contributed by atoms with van der Waals surface area (Å²) in [7, 11) is 0.844. The first-order chi connectivity index (χ1) is 20.6. The summed E-state index contributed by atoms with van der Waals surface area (Å²) in [5.41, 5.74) is 0. The zero-order valence-electron chi connectivity index (χ0n) is 23.1. The number of aliphatic hydroxyl groups excluding tert-OH is 2. The van der Waals surface area contributed by atoms with Crippen molar-refractivity contribution in [2.24, 2.45) is 5.92 Å². The van der Waals surface area contributed by atoms with Crippen LogP contribution in [0.15, 0.2) is 0 Å². The van der Waals surface area contributed by atoms with E-state index in [2.05, 4.69) is 4.74 Å². The number of ether oxygens (including phenoxy) is 1. The number of rotatable bonds is 16. The van der Waals surface area contributed by atoms with Crippen molar-refractivity contribution in [3.63, 3.8) is 0 Å². The minimum Gasteiger partial charge on any atom is -0.544 e. The molecule has 0 heterocycles. The van der Waals surface area contributed by atoms with Gasteiger partial charge < -0.3 is 24.9 Å². The lowest BCUT2D eigenvalue weighted by atomic mass is 9.82. The molecule has 3 atom stereocenters. The molecule has 2 N–H and O–H groups in total. The van der Waals surface area contributed by atoms with Crippen molar-refractivity contribution in [1.29, 1.82) is 0 Å². The van der Waals surface area contributed by atoms with Gasteiger partial charge in [0.25, 0.3) is 0 Å². The molecule has 28 heteroatoms. The number of hydrogen-bond acceptors (Lipinski definition) is 6. The first-order valence-electron chi connectivity index (χ1n) is 11.5. The maximum Gasteiger partial charge on any atom is 0.460 e. The van der Waals surface area contributed by atoms with Crippen molar-refractivity contribution in [1.82, 2.24) is 0 Å². The van der Waals surface area contributed by atoms with Gasteiger partial charge in [0.2, 0.25) is 6.23 Å². The van der Waals surface area contributed by atoms with E-state index in [9.17, 15) is 117 Å². The van der Waals surface area contributed by atoms with E-state index in [1.165, 1.54) is 0 Å². The van der Waals surface area contributed by atoms with Gasteiger partial charge in [0.15, 0.2) is 6.10 Å². The molecule has 0 amide bonds. The molecule has 286 valence electrons. The number of quaternary nitrogens is 1. The minimum atomic E-state index is -9.41. The molecule has 0 saturated carbocycles. The maximum absolute atomic E-state index is 14.9. The van der Waals surface area contributed by atoms with Gasteiger partial charge in [0.1, 0.15) is 6.54 Å². The lowest BCUT2D eigenvalue weighted by Gasteiger charge is -2.46. The lowest BCUT2D eigenvalue weighted by molar-refractivity contribution is -0.936. The number of aliphatic hydroxyl groups is 2. The van der Waals surface area contributed by atoms with Gasteiger partial charge in [0.05, 0.1) is 32.6 Å². The summed E-state index contributed by atoms with van der Waals surface area (Å²) >= 11 is 0. The molecule has 48 heavy (non-hydrogen) atoms. The number of carbonyl (C=O) groups excluding carboxylic acids is 2. The van der Waals surface area contributed by atoms with Crippen molar-refractivity contribution >= 4 is 11.9 Å². The van der Waals surface area contributed by atoms with Crippen LogP contribution in [0.25, 0.3) is 0 Å². The Morgan fingerprint density at radius 1 is 0.625 bits per heavy atom. The Balaban J connectivity index is 7.49. The number of carboxylic acid groups (broad SMARTS) is 1. The number of esters is 1. The third kappa shape index (κ3) is 6.50. The first-order valence-corrected chi connectivity index (χ1v) is 11.5. The number of likely N-dealkylation sites (N-methyl/N-ethyl adjacent to an activating group) is 1. The number of alkyl halides is 21. The number of halogens is 21. The van der Waals surface area contributed by atoms with Crippen LogP contribution >= 0.6 is 0 Å². The third-order valence-electron chi connectivity index (χ3n) is 6.44. The second-order valence-corrected chi connectivity index (χ2v) is 10.3. The Hall–Kier alpha value is -2.65. The van der Waals surface area contributed by atoms with Gasteiger partial charge in [-0.2, -0.15) is 92.2 Å². The molecule has 0 spiro atoms.